The second kappa shape index (κ2) is 4.48. The number of aromatic nitrogens is 2. The summed E-state index contributed by atoms with van der Waals surface area (Å²) >= 11 is 2.10. The molecular formula is C14H11FIN3. The summed E-state index contributed by atoms with van der Waals surface area (Å²) < 4.78 is 15.9. The van der Waals surface area contributed by atoms with Gasteiger partial charge in [-0.2, -0.15) is 0 Å². The van der Waals surface area contributed by atoms with Crippen LogP contribution >= 0.6 is 22.6 Å². The van der Waals surface area contributed by atoms with Crippen LogP contribution in [0.2, 0.25) is 0 Å². The van der Waals surface area contributed by atoms with Gasteiger partial charge in [0.05, 0.1) is 16.7 Å². The summed E-state index contributed by atoms with van der Waals surface area (Å²) in [6, 6.07) is 10.6. The Labute approximate surface area is 123 Å². The van der Waals surface area contributed by atoms with Crippen LogP contribution in [0.5, 0.6) is 0 Å². The average Bonchev–Trinajstić information content (AvgIpc) is 2.65. The average molecular weight is 367 g/mol. The van der Waals surface area contributed by atoms with E-state index in [1.165, 1.54) is 12.1 Å². The third-order valence-electron chi connectivity index (χ3n) is 2.99. The topological polar surface area (TPSA) is 43.8 Å². The SMILES string of the molecule is Cc1ccc2nc(N)n(-c3ccc(F)cc3I)c2c1. The molecule has 0 radical (unpaired) electrons. The lowest BCUT2D eigenvalue weighted by molar-refractivity contribution is 0.626. The Morgan fingerprint density at radius 2 is 2.00 bits per heavy atom. The smallest absolute Gasteiger partial charge is 0.205 e. The number of halogens is 2. The summed E-state index contributed by atoms with van der Waals surface area (Å²) in [5.41, 5.74) is 9.74. The van der Waals surface area contributed by atoms with E-state index < -0.39 is 0 Å². The largest absolute Gasteiger partial charge is 0.369 e. The van der Waals surface area contributed by atoms with E-state index in [4.69, 9.17) is 5.73 Å². The molecule has 0 unspecified atom stereocenters. The van der Waals surface area contributed by atoms with E-state index in [9.17, 15) is 4.39 Å². The predicted molar refractivity (Wildman–Crippen MR) is 82.9 cm³/mol. The Morgan fingerprint density at radius 3 is 2.74 bits per heavy atom. The summed E-state index contributed by atoms with van der Waals surface area (Å²) in [6.07, 6.45) is 0. The highest BCUT2D eigenvalue weighted by atomic mass is 127. The molecule has 0 aliphatic rings. The van der Waals surface area contributed by atoms with Gasteiger partial charge in [-0.1, -0.05) is 6.07 Å². The Bertz CT molecular complexity index is 780. The highest BCUT2D eigenvalue weighted by Gasteiger charge is 2.12. The Morgan fingerprint density at radius 1 is 1.21 bits per heavy atom. The highest BCUT2D eigenvalue weighted by Crippen LogP contribution is 2.27. The van der Waals surface area contributed by atoms with Crippen molar-refractivity contribution in [2.75, 3.05) is 5.73 Å². The quantitative estimate of drug-likeness (QED) is 0.668. The zero-order valence-electron chi connectivity index (χ0n) is 10.2. The minimum Gasteiger partial charge on any atom is -0.369 e. The first-order valence-electron chi connectivity index (χ1n) is 5.76. The number of nitrogens with two attached hydrogens (primary N) is 1. The Hall–Kier alpha value is -1.63. The van der Waals surface area contributed by atoms with E-state index in [1.54, 1.807) is 6.07 Å². The van der Waals surface area contributed by atoms with Crippen LogP contribution in [0.4, 0.5) is 10.3 Å². The number of fused-ring (bicyclic) bond motifs is 1. The Kier molecular flexibility index (Phi) is 2.93. The predicted octanol–water partition coefficient (Wildman–Crippen LogP) is 3.66. The van der Waals surface area contributed by atoms with Crippen molar-refractivity contribution in [3.05, 3.63) is 51.3 Å². The van der Waals surface area contributed by atoms with E-state index in [0.29, 0.717) is 5.95 Å². The summed E-state index contributed by atoms with van der Waals surface area (Å²) in [5.74, 6) is 0.150. The van der Waals surface area contributed by atoms with Crippen LogP contribution in [0, 0.1) is 16.3 Å². The monoisotopic (exact) mass is 367 g/mol. The Balaban J connectivity index is 2.35. The van der Waals surface area contributed by atoms with E-state index in [1.807, 2.05) is 29.7 Å². The molecule has 19 heavy (non-hydrogen) atoms. The first-order valence-corrected chi connectivity index (χ1v) is 6.84. The minimum absolute atomic E-state index is 0.257. The number of anilines is 1. The van der Waals surface area contributed by atoms with Crippen molar-refractivity contribution in [1.82, 2.24) is 9.55 Å². The van der Waals surface area contributed by atoms with Crippen LogP contribution < -0.4 is 5.73 Å². The molecule has 96 valence electrons. The molecule has 0 fully saturated rings. The fraction of sp³-hybridized carbons (Fsp3) is 0.0714. The normalized spacial score (nSPS) is 11.1. The minimum atomic E-state index is -0.257. The number of benzene rings is 2. The van der Waals surface area contributed by atoms with Gasteiger partial charge in [0.2, 0.25) is 5.95 Å². The van der Waals surface area contributed by atoms with Crippen LogP contribution in [-0.2, 0) is 0 Å². The maximum atomic E-state index is 13.2. The molecule has 1 aromatic heterocycles. The fourth-order valence-corrected chi connectivity index (χ4v) is 2.84. The molecule has 0 atom stereocenters. The number of nitrogens with zero attached hydrogens (tertiary/aromatic N) is 2. The number of imidazole rings is 1. The molecule has 0 saturated heterocycles. The number of rotatable bonds is 1. The van der Waals surface area contributed by atoms with E-state index in [0.717, 1.165) is 25.9 Å². The van der Waals surface area contributed by atoms with Crippen LogP contribution in [0.1, 0.15) is 5.56 Å². The van der Waals surface area contributed by atoms with Crippen molar-refractivity contribution in [1.29, 1.82) is 0 Å². The first kappa shape index (κ1) is 12.4. The second-order valence-electron chi connectivity index (χ2n) is 4.39. The van der Waals surface area contributed by atoms with Crippen molar-refractivity contribution in [2.45, 2.75) is 6.92 Å². The van der Waals surface area contributed by atoms with E-state index in [-0.39, 0.29) is 5.82 Å². The first-order chi connectivity index (χ1) is 9.06. The molecule has 5 heteroatoms. The summed E-state index contributed by atoms with van der Waals surface area (Å²) in [4.78, 5) is 4.34. The van der Waals surface area contributed by atoms with Crippen LogP contribution in [-0.4, -0.2) is 9.55 Å². The molecule has 0 aliphatic carbocycles. The van der Waals surface area contributed by atoms with Crippen molar-refractivity contribution in [2.24, 2.45) is 0 Å². The zero-order valence-corrected chi connectivity index (χ0v) is 12.3. The van der Waals surface area contributed by atoms with Crippen LogP contribution in [0.25, 0.3) is 16.7 Å². The third-order valence-corrected chi connectivity index (χ3v) is 3.85. The molecule has 3 rings (SSSR count). The second-order valence-corrected chi connectivity index (χ2v) is 5.56. The lowest BCUT2D eigenvalue weighted by Crippen LogP contribution is -2.02. The lowest BCUT2D eigenvalue weighted by atomic mass is 10.2. The van der Waals surface area contributed by atoms with E-state index in [2.05, 4.69) is 27.6 Å². The highest BCUT2D eigenvalue weighted by molar-refractivity contribution is 14.1. The van der Waals surface area contributed by atoms with Gasteiger partial charge in [-0.05, 0) is 65.4 Å². The third kappa shape index (κ3) is 2.07. The number of hydrogen-bond donors (Lipinski definition) is 1. The maximum absolute atomic E-state index is 13.2. The van der Waals surface area contributed by atoms with Crippen LogP contribution in [0.15, 0.2) is 36.4 Å². The summed E-state index contributed by atoms with van der Waals surface area (Å²) in [7, 11) is 0. The number of hydrogen-bond acceptors (Lipinski definition) is 2. The maximum Gasteiger partial charge on any atom is 0.205 e. The standard InChI is InChI=1S/C14H11FIN3/c1-8-2-4-11-13(6-8)19(14(17)18-11)12-5-3-9(15)7-10(12)16/h2-7H,1H3,(H2,17,18). The van der Waals surface area contributed by atoms with Gasteiger partial charge >= 0.3 is 0 Å². The van der Waals surface area contributed by atoms with Crippen molar-refractivity contribution < 1.29 is 4.39 Å². The van der Waals surface area contributed by atoms with E-state index >= 15 is 0 Å². The van der Waals surface area contributed by atoms with Gasteiger partial charge in [0.15, 0.2) is 0 Å². The van der Waals surface area contributed by atoms with Gasteiger partial charge < -0.3 is 5.73 Å². The molecule has 1 heterocycles. The molecule has 2 N–H and O–H groups in total. The van der Waals surface area contributed by atoms with Gasteiger partial charge in [-0.15, -0.1) is 0 Å². The molecule has 2 aromatic carbocycles. The number of nitrogen functional groups attached to an aromatic ring is 1. The molecule has 0 amide bonds. The van der Waals surface area contributed by atoms with Gasteiger partial charge in [0, 0.05) is 3.57 Å². The zero-order chi connectivity index (χ0) is 13.6. The molecule has 0 spiro atoms. The fourth-order valence-electron chi connectivity index (χ4n) is 2.12. The van der Waals surface area contributed by atoms with Gasteiger partial charge in [0.1, 0.15) is 5.82 Å². The van der Waals surface area contributed by atoms with Crippen molar-refractivity contribution in [3.63, 3.8) is 0 Å². The molecule has 0 saturated carbocycles. The van der Waals surface area contributed by atoms with Crippen LogP contribution in [0.3, 0.4) is 0 Å². The molecule has 3 aromatic rings. The molecular weight excluding hydrogens is 356 g/mol. The van der Waals surface area contributed by atoms with Crippen molar-refractivity contribution in [3.8, 4) is 5.69 Å². The molecule has 3 nitrogen and oxygen atoms in total. The van der Waals surface area contributed by atoms with Gasteiger partial charge in [0.25, 0.3) is 0 Å². The van der Waals surface area contributed by atoms with Gasteiger partial charge in [-0.3, -0.25) is 4.57 Å². The summed E-state index contributed by atoms with van der Waals surface area (Å²) in [5, 5.41) is 0. The lowest BCUT2D eigenvalue weighted by Gasteiger charge is -2.09. The molecule has 0 bridgehead atoms. The number of aryl methyl sites for hydroxylation is 1. The molecule has 0 aliphatic heterocycles. The summed E-state index contributed by atoms with van der Waals surface area (Å²) in [6.45, 7) is 2.02. The van der Waals surface area contributed by atoms with Gasteiger partial charge in [-0.25, -0.2) is 9.37 Å². The van der Waals surface area contributed by atoms with Crippen molar-refractivity contribution >= 4 is 39.6 Å².